The quantitative estimate of drug-likeness (QED) is 0.412. The molecule has 158 valence electrons. The first-order valence-corrected chi connectivity index (χ1v) is 10.6. The van der Waals surface area contributed by atoms with Crippen molar-refractivity contribution in [3.63, 3.8) is 0 Å². The topological polar surface area (TPSA) is 48.0 Å². The zero-order chi connectivity index (χ0) is 21.5. The van der Waals surface area contributed by atoms with E-state index in [0.29, 0.717) is 46.0 Å². The predicted octanol–water partition coefficient (Wildman–Crippen LogP) is 4.65. The van der Waals surface area contributed by atoms with E-state index in [9.17, 15) is 9.18 Å². The lowest BCUT2D eigenvalue weighted by atomic mass is 10.1. The van der Waals surface area contributed by atoms with Crippen molar-refractivity contribution in [1.82, 2.24) is 4.90 Å². The number of hydrogen-bond acceptors (Lipinski definition) is 6. The van der Waals surface area contributed by atoms with Gasteiger partial charge >= 0.3 is 0 Å². The Labute approximate surface area is 184 Å². The summed E-state index contributed by atoms with van der Waals surface area (Å²) >= 11 is 6.56. The van der Waals surface area contributed by atoms with Gasteiger partial charge in [-0.25, -0.2) is 4.39 Å². The molecule has 1 aliphatic heterocycles. The summed E-state index contributed by atoms with van der Waals surface area (Å²) < 4.78 is 30.9. The van der Waals surface area contributed by atoms with Crippen LogP contribution in [0.2, 0.25) is 0 Å². The number of rotatable bonds is 9. The second-order valence-corrected chi connectivity index (χ2v) is 8.02. The highest BCUT2D eigenvalue weighted by Crippen LogP contribution is 2.35. The molecular weight excluding hydrogens is 425 g/mol. The number of thiocarbonyl (C=S) groups is 1. The molecule has 0 saturated carbocycles. The number of carbonyl (C=O) groups excluding carboxylic acids is 1. The van der Waals surface area contributed by atoms with Crippen molar-refractivity contribution >= 4 is 40.3 Å². The molecule has 3 rings (SSSR count). The molecule has 1 heterocycles. The Morgan fingerprint density at radius 2 is 1.97 bits per heavy atom. The lowest BCUT2D eigenvalue weighted by molar-refractivity contribution is -0.122. The van der Waals surface area contributed by atoms with Crippen molar-refractivity contribution in [3.8, 4) is 11.5 Å². The van der Waals surface area contributed by atoms with Gasteiger partial charge in [0.05, 0.1) is 24.7 Å². The summed E-state index contributed by atoms with van der Waals surface area (Å²) in [7, 11) is 1.58. The minimum atomic E-state index is -0.317. The third-order valence-electron chi connectivity index (χ3n) is 4.30. The van der Waals surface area contributed by atoms with E-state index in [-0.39, 0.29) is 18.3 Å². The number of thioether (sulfide) groups is 1. The number of amides is 1. The predicted molar refractivity (Wildman–Crippen MR) is 120 cm³/mol. The first-order valence-electron chi connectivity index (χ1n) is 9.40. The van der Waals surface area contributed by atoms with Gasteiger partial charge in [-0.05, 0) is 36.8 Å². The molecule has 1 amide bonds. The van der Waals surface area contributed by atoms with E-state index < -0.39 is 0 Å². The monoisotopic (exact) mass is 447 g/mol. The first kappa shape index (κ1) is 22.3. The highest BCUT2D eigenvalue weighted by Gasteiger charge is 2.31. The minimum absolute atomic E-state index is 0.0876. The maximum Gasteiger partial charge on any atom is 0.266 e. The zero-order valence-corrected chi connectivity index (χ0v) is 18.4. The Morgan fingerprint density at radius 3 is 2.70 bits per heavy atom. The SMILES string of the molecule is CCOc1cc(/C=C2\SC(=S)N(CCOC)C2=O)ccc1OCc1ccccc1F. The van der Waals surface area contributed by atoms with Gasteiger partial charge < -0.3 is 14.2 Å². The standard InChI is InChI=1S/C22H22FNO4S2/c1-3-27-19-12-15(13-20-21(25)24(10-11-26-2)22(29)30-20)8-9-18(19)28-14-16-6-4-5-7-17(16)23/h4-9,12-13H,3,10-11,14H2,1-2H3/b20-13-. The fourth-order valence-electron chi connectivity index (χ4n) is 2.80. The maximum absolute atomic E-state index is 13.8. The lowest BCUT2D eigenvalue weighted by Gasteiger charge is -2.13. The molecule has 0 bridgehead atoms. The second-order valence-electron chi connectivity index (χ2n) is 6.35. The maximum atomic E-state index is 13.8. The van der Waals surface area contributed by atoms with Crippen LogP contribution in [-0.4, -0.2) is 42.0 Å². The first-order chi connectivity index (χ1) is 14.5. The Kier molecular flexibility index (Phi) is 7.84. The van der Waals surface area contributed by atoms with Crippen molar-refractivity contribution in [3.05, 3.63) is 64.3 Å². The van der Waals surface area contributed by atoms with Gasteiger partial charge in [-0.3, -0.25) is 9.69 Å². The number of nitrogens with zero attached hydrogens (tertiary/aromatic N) is 1. The number of ether oxygens (including phenoxy) is 3. The van der Waals surface area contributed by atoms with Gasteiger partial charge in [0.2, 0.25) is 0 Å². The lowest BCUT2D eigenvalue weighted by Crippen LogP contribution is -2.31. The molecule has 0 spiro atoms. The van der Waals surface area contributed by atoms with Gasteiger partial charge in [0.25, 0.3) is 5.91 Å². The largest absolute Gasteiger partial charge is 0.490 e. The van der Waals surface area contributed by atoms with E-state index in [4.69, 9.17) is 26.4 Å². The molecule has 1 aliphatic rings. The van der Waals surface area contributed by atoms with Crippen LogP contribution in [0.4, 0.5) is 4.39 Å². The molecule has 30 heavy (non-hydrogen) atoms. The van der Waals surface area contributed by atoms with Crippen LogP contribution in [0.1, 0.15) is 18.1 Å². The normalized spacial score (nSPS) is 15.2. The summed E-state index contributed by atoms with van der Waals surface area (Å²) in [5, 5.41) is 0. The highest BCUT2D eigenvalue weighted by molar-refractivity contribution is 8.26. The average Bonchev–Trinajstić information content (AvgIpc) is 2.99. The summed E-state index contributed by atoms with van der Waals surface area (Å²) in [6, 6.07) is 11.8. The van der Waals surface area contributed by atoms with Crippen LogP contribution in [0, 0.1) is 5.82 Å². The highest BCUT2D eigenvalue weighted by atomic mass is 32.2. The number of halogens is 1. The molecule has 0 aromatic heterocycles. The molecule has 0 N–H and O–H groups in total. The Hall–Kier alpha value is -2.42. The molecular formula is C22H22FNO4S2. The van der Waals surface area contributed by atoms with E-state index in [1.54, 1.807) is 43.5 Å². The third-order valence-corrected chi connectivity index (χ3v) is 5.68. The van der Waals surface area contributed by atoms with Crippen LogP contribution in [-0.2, 0) is 16.1 Å². The summed E-state index contributed by atoms with van der Waals surface area (Å²) in [5.74, 6) is 0.574. The van der Waals surface area contributed by atoms with Crippen LogP contribution in [0.3, 0.4) is 0 Å². The van der Waals surface area contributed by atoms with E-state index in [1.807, 2.05) is 13.0 Å². The van der Waals surface area contributed by atoms with Crippen LogP contribution in [0.5, 0.6) is 11.5 Å². The summed E-state index contributed by atoms with van der Waals surface area (Å²) in [4.78, 5) is 14.7. The van der Waals surface area contributed by atoms with E-state index in [2.05, 4.69) is 0 Å². The van der Waals surface area contributed by atoms with E-state index in [1.165, 1.54) is 22.7 Å². The van der Waals surface area contributed by atoms with Gasteiger partial charge in [-0.2, -0.15) is 0 Å². The van der Waals surface area contributed by atoms with Crippen LogP contribution < -0.4 is 9.47 Å². The Balaban J connectivity index is 1.78. The fraction of sp³-hybridized carbons (Fsp3) is 0.273. The molecule has 2 aromatic carbocycles. The van der Waals surface area contributed by atoms with E-state index >= 15 is 0 Å². The van der Waals surface area contributed by atoms with Crippen molar-refractivity contribution in [2.75, 3.05) is 26.9 Å². The van der Waals surface area contributed by atoms with Gasteiger partial charge in [0, 0.05) is 12.7 Å². The van der Waals surface area contributed by atoms with E-state index in [0.717, 1.165) is 5.56 Å². The summed E-state index contributed by atoms with van der Waals surface area (Å²) in [5.41, 5.74) is 1.24. The average molecular weight is 448 g/mol. The Bertz CT molecular complexity index is 964. The van der Waals surface area contributed by atoms with Crippen LogP contribution >= 0.6 is 24.0 Å². The van der Waals surface area contributed by atoms with Crippen LogP contribution in [0.25, 0.3) is 6.08 Å². The molecule has 1 fully saturated rings. The number of benzene rings is 2. The Morgan fingerprint density at radius 1 is 1.17 bits per heavy atom. The molecule has 0 radical (unpaired) electrons. The van der Waals surface area contributed by atoms with Crippen molar-refractivity contribution in [2.45, 2.75) is 13.5 Å². The molecule has 2 aromatic rings. The second kappa shape index (κ2) is 10.6. The molecule has 0 atom stereocenters. The van der Waals surface area contributed by atoms with Gasteiger partial charge in [-0.1, -0.05) is 48.2 Å². The zero-order valence-electron chi connectivity index (χ0n) is 16.7. The molecule has 0 unspecified atom stereocenters. The molecule has 5 nitrogen and oxygen atoms in total. The molecule has 1 saturated heterocycles. The number of carbonyl (C=O) groups is 1. The van der Waals surface area contributed by atoms with Gasteiger partial charge in [-0.15, -0.1) is 0 Å². The number of hydrogen-bond donors (Lipinski definition) is 0. The minimum Gasteiger partial charge on any atom is -0.490 e. The smallest absolute Gasteiger partial charge is 0.266 e. The summed E-state index contributed by atoms with van der Waals surface area (Å²) in [6.45, 7) is 3.24. The van der Waals surface area contributed by atoms with Crippen molar-refractivity contribution in [2.24, 2.45) is 0 Å². The third kappa shape index (κ3) is 5.38. The van der Waals surface area contributed by atoms with Gasteiger partial charge in [0.1, 0.15) is 16.7 Å². The molecule has 0 aliphatic carbocycles. The summed E-state index contributed by atoms with van der Waals surface area (Å²) in [6.07, 6.45) is 1.77. The van der Waals surface area contributed by atoms with Crippen LogP contribution in [0.15, 0.2) is 47.4 Å². The molecule has 8 heteroatoms. The van der Waals surface area contributed by atoms with Crippen molar-refractivity contribution in [1.29, 1.82) is 0 Å². The fourth-order valence-corrected chi connectivity index (χ4v) is 4.11. The number of methoxy groups -OCH3 is 1. The van der Waals surface area contributed by atoms with Crippen molar-refractivity contribution < 1.29 is 23.4 Å². The van der Waals surface area contributed by atoms with Gasteiger partial charge in [0.15, 0.2) is 11.5 Å².